The highest BCUT2D eigenvalue weighted by Gasteiger charge is 2.18. The third-order valence-electron chi connectivity index (χ3n) is 6.69. The highest BCUT2D eigenvalue weighted by Crippen LogP contribution is 2.35. The fraction of sp³-hybridized carbons (Fsp3) is 0.161. The number of nitrogens with one attached hydrogen (secondary N) is 2. The van der Waals surface area contributed by atoms with E-state index in [4.69, 9.17) is 10.7 Å². The maximum atomic E-state index is 13.0. The smallest absolute Gasteiger partial charge is 0.251 e. The Labute approximate surface area is 217 Å². The fourth-order valence-corrected chi connectivity index (χ4v) is 4.61. The molecule has 3 aromatic carbocycles. The summed E-state index contributed by atoms with van der Waals surface area (Å²) in [6.07, 6.45) is 1.91. The zero-order chi connectivity index (χ0) is 25.9. The van der Waals surface area contributed by atoms with Gasteiger partial charge in [0.2, 0.25) is 0 Å². The molecular formula is C31H31N5O. The van der Waals surface area contributed by atoms with Crippen LogP contribution in [0.1, 0.15) is 38.2 Å². The minimum Gasteiger partial charge on any atom is -0.348 e. The van der Waals surface area contributed by atoms with Crippen molar-refractivity contribution in [2.45, 2.75) is 33.9 Å². The molecule has 0 atom stereocenters. The Balaban J connectivity index is 1.52. The lowest BCUT2D eigenvalue weighted by Crippen LogP contribution is -2.23. The van der Waals surface area contributed by atoms with Crippen LogP contribution in [0.4, 0.5) is 11.5 Å². The summed E-state index contributed by atoms with van der Waals surface area (Å²) in [5.41, 5.74) is 15.4. The Kier molecular flexibility index (Phi) is 6.75. The molecule has 186 valence electrons. The van der Waals surface area contributed by atoms with E-state index in [1.165, 1.54) is 0 Å². The first-order valence-electron chi connectivity index (χ1n) is 12.4. The zero-order valence-electron chi connectivity index (χ0n) is 21.4. The van der Waals surface area contributed by atoms with Crippen LogP contribution in [0.2, 0.25) is 0 Å². The number of nitrogens with zero attached hydrogens (tertiary/aromatic N) is 2. The summed E-state index contributed by atoms with van der Waals surface area (Å²) in [6, 6.07) is 26.1. The van der Waals surface area contributed by atoms with Crippen molar-refractivity contribution in [3.63, 3.8) is 0 Å². The number of carbonyl (C=O) groups is 1. The van der Waals surface area contributed by atoms with Crippen LogP contribution in [0.5, 0.6) is 0 Å². The van der Waals surface area contributed by atoms with Crippen LogP contribution >= 0.6 is 0 Å². The molecule has 6 nitrogen and oxygen atoms in total. The number of rotatable bonds is 7. The highest BCUT2D eigenvalue weighted by atomic mass is 16.1. The first-order chi connectivity index (χ1) is 17.9. The molecule has 0 saturated heterocycles. The predicted molar refractivity (Wildman–Crippen MR) is 150 cm³/mol. The number of pyridine rings is 1. The number of amides is 1. The highest BCUT2D eigenvalue weighted by molar-refractivity contribution is 5.95. The van der Waals surface area contributed by atoms with Crippen molar-refractivity contribution in [2.75, 3.05) is 5.32 Å². The number of carbonyl (C=O) groups excluding carboxylic acids is 1. The number of benzene rings is 3. The molecule has 6 heteroatoms. The van der Waals surface area contributed by atoms with E-state index in [0.717, 1.165) is 50.6 Å². The second-order valence-corrected chi connectivity index (χ2v) is 9.37. The van der Waals surface area contributed by atoms with Crippen LogP contribution in [0, 0.1) is 20.8 Å². The lowest BCUT2D eigenvalue weighted by Gasteiger charge is -2.14. The quantitative estimate of drug-likeness (QED) is 0.259. The lowest BCUT2D eigenvalue weighted by atomic mass is 10.1. The number of aryl methyl sites for hydroxylation is 3. The van der Waals surface area contributed by atoms with Crippen LogP contribution in [0.3, 0.4) is 0 Å². The van der Waals surface area contributed by atoms with Crippen molar-refractivity contribution in [3.8, 4) is 11.3 Å². The Morgan fingerprint density at radius 1 is 0.865 bits per heavy atom. The third-order valence-corrected chi connectivity index (χ3v) is 6.69. The molecule has 0 spiro atoms. The molecule has 0 saturated carbocycles. The van der Waals surface area contributed by atoms with Gasteiger partial charge in [0, 0.05) is 36.1 Å². The average molecular weight is 490 g/mol. The molecule has 0 radical (unpaired) electrons. The van der Waals surface area contributed by atoms with E-state index in [1.54, 1.807) is 0 Å². The van der Waals surface area contributed by atoms with Gasteiger partial charge in [-0.1, -0.05) is 66.7 Å². The number of imidazole rings is 1. The van der Waals surface area contributed by atoms with Gasteiger partial charge in [0.1, 0.15) is 17.2 Å². The van der Waals surface area contributed by atoms with E-state index in [1.807, 2.05) is 59.1 Å². The van der Waals surface area contributed by atoms with Gasteiger partial charge in [-0.3, -0.25) is 9.20 Å². The standard InChI is InChI=1S/C31H31N5O/c1-20-8-4-5-13-26(20)29-30(35-28-21(2)9-6-10-22(28)3)36-15-14-25(17-27(36)34-29)31(37)33-19-24-12-7-11-23(16-24)18-32/h4-17,35H,18-19,32H2,1-3H3,(H,33,37). The second-order valence-electron chi connectivity index (χ2n) is 9.37. The molecule has 0 bridgehead atoms. The van der Waals surface area contributed by atoms with Gasteiger partial charge in [-0.15, -0.1) is 0 Å². The average Bonchev–Trinajstić information content (AvgIpc) is 3.27. The molecule has 37 heavy (non-hydrogen) atoms. The molecule has 1 amide bonds. The van der Waals surface area contributed by atoms with Crippen LogP contribution < -0.4 is 16.4 Å². The summed E-state index contributed by atoms with van der Waals surface area (Å²) in [7, 11) is 0. The lowest BCUT2D eigenvalue weighted by molar-refractivity contribution is 0.0951. The monoisotopic (exact) mass is 489 g/mol. The largest absolute Gasteiger partial charge is 0.348 e. The van der Waals surface area contributed by atoms with Crippen LogP contribution in [0.25, 0.3) is 16.9 Å². The van der Waals surface area contributed by atoms with Gasteiger partial charge in [0.05, 0.1) is 0 Å². The molecule has 5 rings (SSSR count). The summed E-state index contributed by atoms with van der Waals surface area (Å²) in [4.78, 5) is 18.0. The van der Waals surface area contributed by atoms with Gasteiger partial charge in [-0.2, -0.15) is 0 Å². The zero-order valence-corrected chi connectivity index (χ0v) is 21.4. The first kappa shape index (κ1) is 24.3. The van der Waals surface area contributed by atoms with E-state index < -0.39 is 0 Å². The Bertz CT molecular complexity index is 1580. The number of aromatic nitrogens is 2. The van der Waals surface area contributed by atoms with Crippen LogP contribution in [-0.4, -0.2) is 15.3 Å². The van der Waals surface area contributed by atoms with E-state index >= 15 is 0 Å². The van der Waals surface area contributed by atoms with E-state index in [9.17, 15) is 4.79 Å². The maximum absolute atomic E-state index is 13.0. The summed E-state index contributed by atoms with van der Waals surface area (Å²) >= 11 is 0. The van der Waals surface area contributed by atoms with Crippen molar-refractivity contribution in [1.29, 1.82) is 0 Å². The molecule has 0 fully saturated rings. The van der Waals surface area contributed by atoms with Crippen LogP contribution in [0.15, 0.2) is 85.1 Å². The SMILES string of the molecule is Cc1ccccc1-c1nc2cc(C(=O)NCc3cccc(CN)c3)ccn2c1Nc1c(C)cccc1C. The summed E-state index contributed by atoms with van der Waals surface area (Å²) in [5, 5.41) is 6.67. The number of hydrogen-bond acceptors (Lipinski definition) is 4. The number of fused-ring (bicyclic) bond motifs is 1. The van der Waals surface area contributed by atoms with Gasteiger partial charge in [-0.05, 0) is 60.7 Å². The molecule has 2 aromatic heterocycles. The van der Waals surface area contributed by atoms with E-state index in [2.05, 4.69) is 61.7 Å². The molecule has 5 aromatic rings. The maximum Gasteiger partial charge on any atom is 0.251 e. The Hall–Kier alpha value is -4.42. The first-order valence-corrected chi connectivity index (χ1v) is 12.4. The molecular weight excluding hydrogens is 458 g/mol. The minimum absolute atomic E-state index is 0.148. The van der Waals surface area contributed by atoms with Crippen molar-refractivity contribution < 1.29 is 4.79 Å². The Morgan fingerprint density at radius 2 is 1.57 bits per heavy atom. The second kappa shape index (κ2) is 10.3. The van der Waals surface area contributed by atoms with Crippen LogP contribution in [-0.2, 0) is 13.1 Å². The Morgan fingerprint density at radius 3 is 2.32 bits per heavy atom. The van der Waals surface area contributed by atoms with Crippen molar-refractivity contribution in [1.82, 2.24) is 14.7 Å². The number of nitrogens with two attached hydrogens (primary N) is 1. The van der Waals surface area contributed by atoms with Gasteiger partial charge >= 0.3 is 0 Å². The molecule has 4 N–H and O–H groups in total. The van der Waals surface area contributed by atoms with Crippen molar-refractivity contribution in [2.24, 2.45) is 5.73 Å². The van der Waals surface area contributed by atoms with E-state index in [-0.39, 0.29) is 5.91 Å². The predicted octanol–water partition coefficient (Wildman–Crippen LogP) is 6.06. The van der Waals surface area contributed by atoms with Crippen molar-refractivity contribution >= 4 is 23.1 Å². The minimum atomic E-state index is -0.148. The number of hydrogen-bond donors (Lipinski definition) is 3. The van der Waals surface area contributed by atoms with Gasteiger partial charge in [0.15, 0.2) is 0 Å². The summed E-state index contributed by atoms with van der Waals surface area (Å²) in [5.74, 6) is 0.720. The normalized spacial score (nSPS) is 11.0. The fourth-order valence-electron chi connectivity index (χ4n) is 4.61. The van der Waals surface area contributed by atoms with Gasteiger partial charge in [-0.25, -0.2) is 4.98 Å². The summed E-state index contributed by atoms with van der Waals surface area (Å²) in [6.45, 7) is 7.18. The van der Waals surface area contributed by atoms with Crippen molar-refractivity contribution in [3.05, 3.63) is 118 Å². The van der Waals surface area contributed by atoms with Gasteiger partial charge < -0.3 is 16.4 Å². The molecule has 0 unspecified atom stereocenters. The molecule has 0 aliphatic heterocycles. The topological polar surface area (TPSA) is 84.5 Å². The number of para-hydroxylation sites is 1. The molecule has 0 aliphatic carbocycles. The summed E-state index contributed by atoms with van der Waals surface area (Å²) < 4.78 is 2.01. The third kappa shape index (κ3) is 4.97. The molecule has 2 heterocycles. The molecule has 0 aliphatic rings. The number of anilines is 2. The van der Waals surface area contributed by atoms with Gasteiger partial charge in [0.25, 0.3) is 5.91 Å². The van der Waals surface area contributed by atoms with E-state index in [0.29, 0.717) is 24.3 Å².